The molecule has 1 N–H and O–H groups in total. The number of hydrogen-bond donors (Lipinski definition) is 1. The molecule has 2 heteroatoms. The van der Waals surface area contributed by atoms with Crippen molar-refractivity contribution < 1.29 is 4.79 Å². The molecule has 108 valence electrons. The van der Waals surface area contributed by atoms with Gasteiger partial charge in [0.1, 0.15) is 0 Å². The first-order valence-corrected chi connectivity index (χ1v) is 7.44. The molecule has 1 aliphatic rings. The van der Waals surface area contributed by atoms with E-state index in [0.29, 0.717) is 0 Å². The summed E-state index contributed by atoms with van der Waals surface area (Å²) in [5, 5.41) is 3.40. The summed E-state index contributed by atoms with van der Waals surface area (Å²) < 4.78 is 0. The van der Waals surface area contributed by atoms with E-state index in [4.69, 9.17) is 0 Å². The van der Waals surface area contributed by atoms with Crippen LogP contribution < -0.4 is 5.32 Å². The Bertz CT molecular complexity index is 682. The predicted octanol–water partition coefficient (Wildman–Crippen LogP) is 4.20. The lowest BCUT2D eigenvalue weighted by Gasteiger charge is -2.21. The lowest BCUT2D eigenvalue weighted by molar-refractivity contribution is 0.0982. The van der Waals surface area contributed by atoms with Gasteiger partial charge in [-0.3, -0.25) is 4.79 Å². The molecule has 0 radical (unpaired) electrons. The van der Waals surface area contributed by atoms with Crippen molar-refractivity contribution in [3.05, 3.63) is 65.2 Å². The molecule has 1 aliphatic carbocycles. The first-order valence-electron chi connectivity index (χ1n) is 7.44. The van der Waals surface area contributed by atoms with Gasteiger partial charge in [-0.25, -0.2) is 0 Å². The predicted molar refractivity (Wildman–Crippen MR) is 87.0 cm³/mol. The van der Waals surface area contributed by atoms with Crippen LogP contribution in [-0.2, 0) is 11.8 Å². The summed E-state index contributed by atoms with van der Waals surface area (Å²) in [7, 11) is 0. The van der Waals surface area contributed by atoms with Gasteiger partial charge in [-0.05, 0) is 28.7 Å². The molecule has 1 unspecified atom stereocenters. The lowest BCUT2D eigenvalue weighted by atomic mass is 9.87. The Balaban J connectivity index is 1.82. The zero-order chi connectivity index (χ0) is 15.0. The third-order valence-corrected chi connectivity index (χ3v) is 4.09. The molecule has 0 amide bonds. The second-order valence-corrected chi connectivity index (χ2v) is 6.75. The van der Waals surface area contributed by atoms with Crippen molar-refractivity contribution in [2.75, 3.05) is 5.32 Å². The molecule has 2 nitrogen and oxygen atoms in total. The molecule has 0 saturated carbocycles. The quantitative estimate of drug-likeness (QED) is 0.892. The number of fused-ring (bicyclic) bond motifs is 1. The number of Topliss-reactive ketones (excluding diaryl/α,β-unsaturated/α-hetero) is 1. The number of rotatable bonds is 2. The van der Waals surface area contributed by atoms with Crippen LogP contribution in [0.15, 0.2) is 48.5 Å². The van der Waals surface area contributed by atoms with Gasteiger partial charge in [0, 0.05) is 17.7 Å². The minimum absolute atomic E-state index is 0.111. The Morgan fingerprint density at radius 3 is 2.52 bits per heavy atom. The zero-order valence-electron chi connectivity index (χ0n) is 12.8. The highest BCUT2D eigenvalue weighted by Crippen LogP contribution is 2.27. The minimum Gasteiger partial charge on any atom is -0.375 e. The highest BCUT2D eigenvalue weighted by molar-refractivity contribution is 6.05. The van der Waals surface area contributed by atoms with Crippen LogP contribution in [0.5, 0.6) is 0 Å². The molecule has 0 spiro atoms. The number of carbonyl (C=O) groups is 1. The summed E-state index contributed by atoms with van der Waals surface area (Å²) in [4.78, 5) is 12.4. The average Bonchev–Trinajstić information content (AvgIpc) is 2.75. The number of carbonyl (C=O) groups excluding carboxylic acids is 1. The Kier molecular flexibility index (Phi) is 3.32. The van der Waals surface area contributed by atoms with Gasteiger partial charge in [-0.1, -0.05) is 57.2 Å². The first-order chi connectivity index (χ1) is 9.95. The van der Waals surface area contributed by atoms with Gasteiger partial charge in [-0.2, -0.15) is 0 Å². The topological polar surface area (TPSA) is 29.1 Å². The maximum atomic E-state index is 12.4. The Morgan fingerprint density at radius 1 is 1.05 bits per heavy atom. The van der Waals surface area contributed by atoms with Crippen LogP contribution in [0.1, 0.15) is 42.3 Å². The minimum atomic E-state index is -0.141. The Labute approximate surface area is 126 Å². The van der Waals surface area contributed by atoms with Gasteiger partial charge >= 0.3 is 0 Å². The fourth-order valence-corrected chi connectivity index (χ4v) is 2.83. The summed E-state index contributed by atoms with van der Waals surface area (Å²) >= 11 is 0. The van der Waals surface area contributed by atoms with Gasteiger partial charge in [0.15, 0.2) is 5.78 Å². The average molecular weight is 279 g/mol. The van der Waals surface area contributed by atoms with Gasteiger partial charge < -0.3 is 5.32 Å². The van der Waals surface area contributed by atoms with E-state index < -0.39 is 0 Å². The van der Waals surface area contributed by atoms with E-state index in [1.54, 1.807) is 0 Å². The molecule has 0 heterocycles. The van der Waals surface area contributed by atoms with Crippen molar-refractivity contribution in [1.82, 2.24) is 0 Å². The van der Waals surface area contributed by atoms with E-state index in [1.165, 1.54) is 5.56 Å². The summed E-state index contributed by atoms with van der Waals surface area (Å²) in [5.74, 6) is 0.201. The molecular weight excluding hydrogens is 258 g/mol. The smallest absolute Gasteiger partial charge is 0.185 e. The molecule has 0 fully saturated rings. The van der Waals surface area contributed by atoms with Crippen molar-refractivity contribution in [2.24, 2.45) is 0 Å². The number of anilines is 1. The van der Waals surface area contributed by atoms with Crippen molar-refractivity contribution in [2.45, 2.75) is 38.6 Å². The fraction of sp³-hybridized carbons (Fsp3) is 0.316. The Morgan fingerprint density at radius 2 is 1.81 bits per heavy atom. The van der Waals surface area contributed by atoms with Crippen molar-refractivity contribution in [3.8, 4) is 0 Å². The van der Waals surface area contributed by atoms with Crippen molar-refractivity contribution in [1.29, 1.82) is 0 Å². The summed E-state index contributed by atoms with van der Waals surface area (Å²) in [6.45, 7) is 6.59. The molecule has 21 heavy (non-hydrogen) atoms. The van der Waals surface area contributed by atoms with Gasteiger partial charge in [-0.15, -0.1) is 0 Å². The maximum Gasteiger partial charge on any atom is 0.185 e. The number of nitrogens with one attached hydrogen (secondary N) is 1. The summed E-state index contributed by atoms with van der Waals surface area (Å²) in [5.41, 5.74) is 4.42. The van der Waals surface area contributed by atoms with Crippen LogP contribution in [-0.4, -0.2) is 11.8 Å². The standard InChI is InChI=1S/C19H21NO/c1-19(2,3)14-8-6-9-15(12-14)20-17-11-13-7-4-5-10-16(13)18(17)21/h4-10,12,17,20H,11H2,1-3H3. The second kappa shape index (κ2) is 5.03. The second-order valence-electron chi connectivity index (χ2n) is 6.75. The molecule has 0 bridgehead atoms. The molecule has 3 rings (SSSR count). The molecular formula is C19H21NO. The van der Waals surface area contributed by atoms with Crippen LogP contribution in [0.2, 0.25) is 0 Å². The number of hydrogen-bond acceptors (Lipinski definition) is 2. The lowest BCUT2D eigenvalue weighted by Crippen LogP contribution is -2.26. The Hall–Kier alpha value is -2.09. The third-order valence-electron chi connectivity index (χ3n) is 4.09. The van der Waals surface area contributed by atoms with Crippen LogP contribution in [0.4, 0.5) is 5.69 Å². The van der Waals surface area contributed by atoms with Crippen LogP contribution in [0.3, 0.4) is 0 Å². The van der Waals surface area contributed by atoms with Gasteiger partial charge in [0.2, 0.25) is 0 Å². The largest absolute Gasteiger partial charge is 0.375 e. The first kappa shape index (κ1) is 13.9. The van der Waals surface area contributed by atoms with Gasteiger partial charge in [0.05, 0.1) is 6.04 Å². The summed E-state index contributed by atoms with van der Waals surface area (Å²) in [6, 6.07) is 16.1. The molecule has 0 aromatic heterocycles. The SMILES string of the molecule is CC(C)(C)c1cccc(NC2Cc3ccccc3C2=O)c1. The van der Waals surface area contributed by atoms with E-state index in [9.17, 15) is 4.79 Å². The molecule has 1 atom stereocenters. The van der Waals surface area contributed by atoms with Crippen LogP contribution >= 0.6 is 0 Å². The van der Waals surface area contributed by atoms with E-state index >= 15 is 0 Å². The van der Waals surface area contributed by atoms with E-state index in [0.717, 1.165) is 23.2 Å². The highest BCUT2D eigenvalue weighted by Gasteiger charge is 2.29. The van der Waals surface area contributed by atoms with Crippen molar-refractivity contribution >= 4 is 11.5 Å². The van der Waals surface area contributed by atoms with Crippen LogP contribution in [0.25, 0.3) is 0 Å². The third kappa shape index (κ3) is 2.71. The fourth-order valence-electron chi connectivity index (χ4n) is 2.83. The monoisotopic (exact) mass is 279 g/mol. The normalized spacial score (nSPS) is 17.7. The van der Waals surface area contributed by atoms with Crippen LogP contribution in [0, 0.1) is 0 Å². The molecule has 0 aliphatic heterocycles. The van der Waals surface area contributed by atoms with Gasteiger partial charge in [0.25, 0.3) is 0 Å². The van der Waals surface area contributed by atoms with Crippen molar-refractivity contribution in [3.63, 3.8) is 0 Å². The summed E-state index contributed by atoms with van der Waals surface area (Å²) in [6.07, 6.45) is 0.773. The highest BCUT2D eigenvalue weighted by atomic mass is 16.1. The van der Waals surface area contributed by atoms with E-state index in [-0.39, 0.29) is 17.2 Å². The number of benzene rings is 2. The molecule has 0 saturated heterocycles. The van der Waals surface area contributed by atoms with E-state index in [2.05, 4.69) is 44.3 Å². The molecule has 2 aromatic carbocycles. The zero-order valence-corrected chi connectivity index (χ0v) is 12.8. The maximum absolute atomic E-state index is 12.4. The van der Waals surface area contributed by atoms with E-state index in [1.807, 2.05) is 30.3 Å². The molecule has 2 aromatic rings. The number of ketones is 1.